The van der Waals surface area contributed by atoms with Gasteiger partial charge in [0, 0.05) is 12.6 Å². The summed E-state index contributed by atoms with van der Waals surface area (Å²) in [5.41, 5.74) is 0.305. The monoisotopic (exact) mass is 294 g/mol. The molecule has 21 heavy (non-hydrogen) atoms. The highest BCUT2D eigenvalue weighted by Gasteiger charge is 2.35. The Labute approximate surface area is 131 Å². The summed E-state index contributed by atoms with van der Waals surface area (Å²) in [5, 5.41) is 0. The van der Waals surface area contributed by atoms with E-state index in [4.69, 9.17) is 0 Å². The van der Waals surface area contributed by atoms with Crippen molar-refractivity contribution < 1.29 is 4.79 Å². The van der Waals surface area contributed by atoms with E-state index in [0.717, 1.165) is 26.1 Å². The first kappa shape index (κ1) is 16.8. The van der Waals surface area contributed by atoms with Crippen LogP contribution in [-0.4, -0.2) is 47.4 Å². The van der Waals surface area contributed by atoms with Crippen LogP contribution in [0.4, 0.5) is 0 Å². The number of amides is 1. The van der Waals surface area contributed by atoms with Crippen molar-refractivity contribution in [3.05, 3.63) is 0 Å². The van der Waals surface area contributed by atoms with Gasteiger partial charge < -0.3 is 4.90 Å². The summed E-state index contributed by atoms with van der Waals surface area (Å²) in [6.45, 7) is 12.2. The maximum atomic E-state index is 12.9. The standard InChI is InChI=1S/C18H34N2O/c1-15(19-11-7-5-6-8-12-19)17(21)20-13-9-10-16(20)14-18(2,3)4/h15-16H,5-14H2,1-4H3. The third kappa shape index (κ3) is 4.70. The van der Waals surface area contributed by atoms with Gasteiger partial charge in [-0.25, -0.2) is 0 Å². The average molecular weight is 294 g/mol. The molecule has 3 nitrogen and oxygen atoms in total. The molecule has 0 N–H and O–H groups in total. The molecule has 2 fully saturated rings. The Hall–Kier alpha value is -0.570. The molecular weight excluding hydrogens is 260 g/mol. The quantitative estimate of drug-likeness (QED) is 0.793. The molecule has 0 bridgehead atoms. The fourth-order valence-corrected chi connectivity index (χ4v) is 3.92. The van der Waals surface area contributed by atoms with Crippen molar-refractivity contribution in [1.29, 1.82) is 0 Å². The van der Waals surface area contributed by atoms with E-state index in [1.165, 1.54) is 38.5 Å². The normalized spacial score (nSPS) is 26.7. The summed E-state index contributed by atoms with van der Waals surface area (Å²) in [4.78, 5) is 17.6. The van der Waals surface area contributed by atoms with Crippen LogP contribution in [0.5, 0.6) is 0 Å². The van der Waals surface area contributed by atoms with Crippen LogP contribution >= 0.6 is 0 Å². The van der Waals surface area contributed by atoms with E-state index in [0.29, 0.717) is 17.4 Å². The fourth-order valence-electron chi connectivity index (χ4n) is 3.92. The summed E-state index contributed by atoms with van der Waals surface area (Å²) in [7, 11) is 0. The smallest absolute Gasteiger partial charge is 0.239 e. The summed E-state index contributed by atoms with van der Waals surface area (Å²) in [6.07, 6.45) is 8.66. The molecular formula is C18H34N2O. The van der Waals surface area contributed by atoms with E-state index < -0.39 is 0 Å². The minimum absolute atomic E-state index is 0.0728. The van der Waals surface area contributed by atoms with Gasteiger partial charge in [-0.2, -0.15) is 0 Å². The van der Waals surface area contributed by atoms with Crippen molar-refractivity contribution in [1.82, 2.24) is 9.80 Å². The summed E-state index contributed by atoms with van der Waals surface area (Å²) in [5.74, 6) is 0.378. The third-order valence-electron chi connectivity index (χ3n) is 5.05. The Bertz CT molecular complexity index is 340. The van der Waals surface area contributed by atoms with Gasteiger partial charge in [-0.3, -0.25) is 9.69 Å². The lowest BCUT2D eigenvalue weighted by molar-refractivity contribution is -0.137. The number of hydrogen-bond acceptors (Lipinski definition) is 2. The lowest BCUT2D eigenvalue weighted by atomic mass is 9.87. The highest BCUT2D eigenvalue weighted by Crippen LogP contribution is 2.30. The lowest BCUT2D eigenvalue weighted by Gasteiger charge is -2.35. The lowest BCUT2D eigenvalue weighted by Crippen LogP contribution is -2.49. The van der Waals surface area contributed by atoms with Crippen LogP contribution in [0.2, 0.25) is 0 Å². The van der Waals surface area contributed by atoms with Crippen molar-refractivity contribution in [2.75, 3.05) is 19.6 Å². The van der Waals surface area contributed by atoms with Gasteiger partial charge in [-0.1, -0.05) is 33.6 Å². The predicted molar refractivity (Wildman–Crippen MR) is 88.3 cm³/mol. The maximum Gasteiger partial charge on any atom is 0.239 e. The van der Waals surface area contributed by atoms with Crippen molar-refractivity contribution in [3.63, 3.8) is 0 Å². The van der Waals surface area contributed by atoms with Crippen LogP contribution in [0.3, 0.4) is 0 Å². The van der Waals surface area contributed by atoms with Crippen LogP contribution in [0, 0.1) is 5.41 Å². The van der Waals surface area contributed by atoms with Crippen LogP contribution in [0.15, 0.2) is 0 Å². The second kappa shape index (κ2) is 7.13. The van der Waals surface area contributed by atoms with Crippen LogP contribution < -0.4 is 0 Å². The molecule has 2 rings (SSSR count). The zero-order chi connectivity index (χ0) is 15.5. The highest BCUT2D eigenvalue weighted by atomic mass is 16.2. The molecule has 0 saturated carbocycles. The van der Waals surface area contributed by atoms with E-state index >= 15 is 0 Å². The van der Waals surface area contributed by atoms with Gasteiger partial charge in [0.15, 0.2) is 0 Å². The first-order valence-electron chi connectivity index (χ1n) is 8.93. The van der Waals surface area contributed by atoms with Gasteiger partial charge in [-0.05, 0) is 57.5 Å². The Morgan fingerprint density at radius 2 is 1.67 bits per heavy atom. The fraction of sp³-hybridized carbons (Fsp3) is 0.944. The largest absolute Gasteiger partial charge is 0.338 e. The predicted octanol–water partition coefficient (Wildman–Crippen LogP) is 3.68. The number of carbonyl (C=O) groups is 1. The van der Waals surface area contributed by atoms with Crippen molar-refractivity contribution >= 4 is 5.91 Å². The molecule has 2 aliphatic rings. The number of hydrogen-bond donors (Lipinski definition) is 0. The number of carbonyl (C=O) groups excluding carboxylic acids is 1. The Kier molecular flexibility index (Phi) is 5.70. The van der Waals surface area contributed by atoms with Gasteiger partial charge in [0.05, 0.1) is 6.04 Å². The first-order valence-corrected chi connectivity index (χ1v) is 8.93. The number of likely N-dealkylation sites (tertiary alicyclic amines) is 2. The Balaban J connectivity index is 1.96. The molecule has 0 aromatic rings. The molecule has 0 aromatic carbocycles. The number of rotatable bonds is 3. The molecule has 0 radical (unpaired) electrons. The van der Waals surface area contributed by atoms with Crippen molar-refractivity contribution in [2.24, 2.45) is 5.41 Å². The molecule has 2 atom stereocenters. The van der Waals surface area contributed by atoms with E-state index in [1.54, 1.807) is 0 Å². The maximum absolute atomic E-state index is 12.9. The Morgan fingerprint density at radius 3 is 2.24 bits per heavy atom. The van der Waals surface area contributed by atoms with Gasteiger partial charge in [0.25, 0.3) is 0 Å². The molecule has 1 amide bonds. The van der Waals surface area contributed by atoms with E-state index in [1.807, 2.05) is 0 Å². The van der Waals surface area contributed by atoms with Gasteiger partial charge in [0.1, 0.15) is 0 Å². The van der Waals surface area contributed by atoms with E-state index in [9.17, 15) is 4.79 Å². The molecule has 0 aromatic heterocycles. The third-order valence-corrected chi connectivity index (χ3v) is 5.05. The van der Waals surface area contributed by atoms with Crippen LogP contribution in [-0.2, 0) is 4.79 Å². The molecule has 2 saturated heterocycles. The zero-order valence-electron chi connectivity index (χ0n) is 14.5. The zero-order valence-corrected chi connectivity index (χ0v) is 14.5. The second-order valence-electron chi connectivity index (χ2n) is 8.22. The summed E-state index contributed by atoms with van der Waals surface area (Å²) < 4.78 is 0. The van der Waals surface area contributed by atoms with Crippen molar-refractivity contribution in [3.8, 4) is 0 Å². The number of nitrogens with zero attached hydrogens (tertiary/aromatic N) is 2. The topological polar surface area (TPSA) is 23.6 Å². The molecule has 2 aliphatic heterocycles. The second-order valence-corrected chi connectivity index (χ2v) is 8.22. The van der Waals surface area contributed by atoms with Crippen LogP contribution in [0.1, 0.15) is 72.6 Å². The van der Waals surface area contributed by atoms with E-state index in [2.05, 4.69) is 37.5 Å². The van der Waals surface area contributed by atoms with E-state index in [-0.39, 0.29) is 6.04 Å². The Morgan fingerprint density at radius 1 is 1.05 bits per heavy atom. The molecule has 3 heteroatoms. The average Bonchev–Trinajstić information content (AvgIpc) is 2.69. The van der Waals surface area contributed by atoms with Crippen molar-refractivity contribution in [2.45, 2.75) is 84.7 Å². The van der Waals surface area contributed by atoms with Gasteiger partial charge in [0.2, 0.25) is 5.91 Å². The van der Waals surface area contributed by atoms with Gasteiger partial charge in [-0.15, -0.1) is 0 Å². The minimum Gasteiger partial charge on any atom is -0.338 e. The first-order chi connectivity index (χ1) is 9.88. The van der Waals surface area contributed by atoms with Gasteiger partial charge >= 0.3 is 0 Å². The molecule has 2 heterocycles. The summed E-state index contributed by atoms with van der Waals surface area (Å²) >= 11 is 0. The highest BCUT2D eigenvalue weighted by molar-refractivity contribution is 5.82. The SMILES string of the molecule is CC(C(=O)N1CCCC1CC(C)(C)C)N1CCCCCC1. The summed E-state index contributed by atoms with van der Waals surface area (Å²) in [6, 6.07) is 0.538. The molecule has 0 spiro atoms. The molecule has 2 unspecified atom stereocenters. The van der Waals surface area contributed by atoms with Crippen LogP contribution in [0.25, 0.3) is 0 Å². The molecule has 0 aliphatic carbocycles. The minimum atomic E-state index is 0.0728. The molecule has 122 valence electrons.